The van der Waals surface area contributed by atoms with Crippen molar-refractivity contribution < 1.29 is 423 Å². The molecule has 0 aromatic rings. The maximum atomic E-state index is 10.9. The van der Waals surface area contributed by atoms with Gasteiger partial charge in [-0.05, 0) is 101 Å². The van der Waals surface area contributed by atoms with Gasteiger partial charge in [0.2, 0.25) is 0 Å². The predicted octanol–water partition coefficient (Wildman–Crippen LogP) is 10.0. The average molecular weight is 4070 g/mol. The van der Waals surface area contributed by atoms with Crippen molar-refractivity contribution in [2.45, 2.75) is 109 Å². The second kappa shape index (κ2) is 198. The summed E-state index contributed by atoms with van der Waals surface area (Å²) in [4.78, 5) is 147. The Labute approximate surface area is 966 Å². The van der Waals surface area contributed by atoms with E-state index in [0.717, 1.165) is 64.0 Å². The predicted molar refractivity (Wildman–Crippen MR) is 444 cm³/mol. The van der Waals surface area contributed by atoms with Gasteiger partial charge in [0.25, 0.3) is 0 Å². The van der Waals surface area contributed by atoms with E-state index in [0.29, 0.717) is 115 Å². The normalized spacial score (nSPS) is 12.5. The summed E-state index contributed by atoms with van der Waals surface area (Å²) in [6.45, 7) is 93.2. The van der Waals surface area contributed by atoms with E-state index in [1.807, 2.05) is 0 Å². The molecule has 3 fully saturated rings. The standard InChI is InChI=1S/C14H18O4.C13H19O3.C12H14O4.C7H10O3.2C6H8O4.C6H9O3.C5H7O3.2C2H3O2.6C2H3.2CH2.13W/c1-3-13(15)17-9-11-5-7-12(8-6-11)10-18-14(16)4-2;1-3-13(14)16-10-12-7-5-11(6-8-12)9-15-4-2;1-3-11(13)15-9-5-7-10(8-6-9)16-12(14)4-2;1-3-7(8)10-6-5-9-4-2;2*1-6(8)10-4-2-3-9-5-7;1-2-8-4-3-5-9-6-7;1-2-7-3-4-8-5-6;2*1-4-2-3;6*1-2;;;;;;;;;;;;;;;/h11-12H,1-2,5-10H2;4,11-12H,1-2,5-10H2;9-10H,1-2,5-8H2;3-4H,1-2,5-6H2;2*1-4H2;2H,1,3-5H2;2H,1,3-4H2;2*1H3;6*1H,2H2;2*1H2;;;;;;;;;;;;;/q-2;-1;-2;;2*-2;10*-1;;;;;;;;;;6*+2. The van der Waals surface area contributed by atoms with E-state index in [4.69, 9.17) is 42.7 Å². The first-order chi connectivity index (χ1) is 58.6. The topological polar surface area (TPSA) is 405 Å². The summed E-state index contributed by atoms with van der Waals surface area (Å²) in [5, 5.41) is 0. The average Bonchev–Trinajstić information content (AvgIpc) is 0.907. The summed E-state index contributed by atoms with van der Waals surface area (Å²) in [7, 11) is 2.51. The Hall–Kier alpha value is -3.95. The Balaban J connectivity index is -0.0000000391. The van der Waals surface area contributed by atoms with Crippen molar-refractivity contribution in [3.05, 3.63) is 220 Å². The minimum atomic E-state index is -0.574. The number of carbonyl (C=O) groups excluding carboxylic acids is 14. The molecule has 3 rings (SSSR count). The molecule has 0 saturated heterocycles. The maximum Gasteiger partial charge on any atom is 2.00 e. The van der Waals surface area contributed by atoms with Gasteiger partial charge in [0.15, 0.2) is 11.9 Å². The van der Waals surface area contributed by atoms with Crippen LogP contribution in [-0.4, -0.2) is 215 Å². The van der Waals surface area contributed by atoms with E-state index in [1.54, 1.807) is 0 Å². The third kappa shape index (κ3) is 205. The van der Waals surface area contributed by atoms with Gasteiger partial charge >= 0.3 is 181 Å². The largest absolute Gasteiger partial charge is 2.00 e. The van der Waals surface area contributed by atoms with Gasteiger partial charge < -0.3 is 184 Å². The zero-order valence-electron chi connectivity index (χ0n) is 74.3. The van der Waals surface area contributed by atoms with Crippen LogP contribution < -0.4 is 0 Å². The number of esters is 8. The van der Waals surface area contributed by atoms with E-state index in [1.165, 1.54) is 117 Å². The molecule has 132 heavy (non-hydrogen) atoms. The maximum absolute atomic E-state index is 10.9. The van der Waals surface area contributed by atoms with E-state index < -0.39 is 47.8 Å². The quantitative estimate of drug-likeness (QED) is 0.0137. The van der Waals surface area contributed by atoms with Crippen LogP contribution in [0.3, 0.4) is 0 Å². The van der Waals surface area contributed by atoms with Gasteiger partial charge in [-0.25, -0.2) is 4.79 Å². The fourth-order valence-corrected chi connectivity index (χ4v) is 7.33. The second-order valence-electron chi connectivity index (χ2n) is 19.4. The first kappa shape index (κ1) is 198. The van der Waals surface area contributed by atoms with Crippen LogP contribution in [0.4, 0.5) is 0 Å². The van der Waals surface area contributed by atoms with Crippen LogP contribution in [0.1, 0.15) is 96.3 Å². The van der Waals surface area contributed by atoms with Crippen molar-refractivity contribution in [3.8, 4) is 0 Å². The summed E-state index contributed by atoms with van der Waals surface area (Å²) < 4.78 is 81.9. The van der Waals surface area contributed by atoms with Crippen LogP contribution in [0.5, 0.6) is 0 Å². The minimum Gasteiger partial charge on any atom is 0 e. The van der Waals surface area contributed by atoms with Crippen LogP contribution in [0.25, 0.3) is 0 Å². The molecule has 0 atom stereocenters. The molecule has 0 radical (unpaired) electrons. The van der Waals surface area contributed by atoms with Crippen molar-refractivity contribution in [3.63, 3.8) is 0 Å². The molecule has 0 aromatic carbocycles. The van der Waals surface area contributed by atoms with Gasteiger partial charge in [0.1, 0.15) is 49.7 Å². The van der Waals surface area contributed by atoms with Crippen LogP contribution in [0.2, 0.25) is 0 Å². The molecule has 3 saturated carbocycles. The molecule has 0 aliphatic heterocycles. The van der Waals surface area contributed by atoms with Gasteiger partial charge in [-0.15, -0.1) is 0 Å². The summed E-state index contributed by atoms with van der Waals surface area (Å²) in [6, 6.07) is 0. The molecule has 3 aliphatic carbocycles. The van der Waals surface area contributed by atoms with Crippen molar-refractivity contribution >= 4 is 96.4 Å². The molecule has 32 nitrogen and oxygen atoms in total. The fraction of sp³-hybridized carbons (Fsp3) is 0.425. The number of rotatable bonds is 44. The molecule has 0 bridgehead atoms. The Morgan fingerprint density at radius 3 is 0.742 bits per heavy atom. The smallest absolute Gasteiger partial charge is 0 e. The molecule has 0 heterocycles. The summed E-state index contributed by atoms with van der Waals surface area (Å²) in [5.41, 5.74) is 0. The monoisotopic (exact) mass is 4070 g/mol. The summed E-state index contributed by atoms with van der Waals surface area (Å²) >= 11 is 2.67. The van der Waals surface area contributed by atoms with Crippen molar-refractivity contribution in [1.82, 2.24) is 0 Å². The number of hydrogen-bond donors (Lipinski definition) is 0. The molecule has 0 unspecified atom stereocenters. The number of ether oxygens (including phenoxy) is 18. The summed E-state index contributed by atoms with van der Waals surface area (Å²) in [5.74, 6) is -2.19. The van der Waals surface area contributed by atoms with Gasteiger partial charge in [-0.1, -0.05) is 71.7 Å². The van der Waals surface area contributed by atoms with Crippen LogP contribution in [-0.2, 0) is 423 Å². The Bertz CT molecular complexity index is 2430. The van der Waals surface area contributed by atoms with Crippen LogP contribution in [0, 0.1) is 107 Å². The van der Waals surface area contributed by atoms with Gasteiger partial charge in [-0.2, -0.15) is 0 Å². The molecule has 0 aromatic heterocycles. The third-order valence-corrected chi connectivity index (χ3v) is 12.1. The Morgan fingerprint density at radius 1 is 0.311 bits per heavy atom. The number of methoxy groups -OCH3 is 2. The minimum absolute atomic E-state index is 0. The number of carbonyl (C=O) groups is 8. The van der Waals surface area contributed by atoms with Crippen LogP contribution >= 0.6 is 0 Å². The first-order valence-electron chi connectivity index (χ1n) is 34.6. The zero-order chi connectivity index (χ0) is 96.6. The van der Waals surface area contributed by atoms with E-state index in [-0.39, 0.29) is 284 Å². The van der Waals surface area contributed by atoms with E-state index in [9.17, 15) is 57.5 Å². The Morgan fingerprint density at radius 2 is 0.530 bits per heavy atom. The second-order valence-corrected chi connectivity index (χ2v) is 19.4. The van der Waals surface area contributed by atoms with Crippen molar-refractivity contribution in [2.24, 2.45) is 23.7 Å². The molecule has 746 valence electrons. The summed E-state index contributed by atoms with van der Waals surface area (Å²) in [6.07, 6.45) is 29.9. The van der Waals surface area contributed by atoms with Gasteiger partial charge in [0.05, 0.1) is 110 Å². The SMILES string of the molecule is C=COCCCO[C-]=O.C=COCCOC(=O)C=C.C=COCCO[C-]=O.C=[C-]C(=O)OC1CCC(OC(=O)[C-]=C)CC1.C=[C-]C(=O)OCC1CCC(COC(=O)[C-]=C)CC1.C=[C-]C(=O)OCC1CCC(COC=C)CC1.CO[C-]=O.CO[C-]=O.[CH-]=C.[CH-]=C.[CH-]=C.[CH-]=C.[CH-]=C.[CH-]=C.[CH2-]C(=O)OCCCO[C-]=O.[CH2-]C(=O)OCCCO[C-]=O.[CH2]=[W].[CH2]=[W].[W+2].[W+2].[W+2].[W+2].[W+2].[W+2].[W].[W].[W].[W].[W]. The third-order valence-electron chi connectivity index (χ3n) is 12.1. The van der Waals surface area contributed by atoms with Gasteiger partial charge in [0, 0.05) is 145 Å². The molecular weight excluding hydrogens is 3950 g/mol. The van der Waals surface area contributed by atoms with E-state index >= 15 is 0 Å². The first-order valence-corrected chi connectivity index (χ1v) is 38.7. The van der Waals surface area contributed by atoms with Crippen molar-refractivity contribution in [1.29, 1.82) is 0 Å². The molecule has 3 aliphatic rings. The van der Waals surface area contributed by atoms with Crippen molar-refractivity contribution in [2.75, 3.05) is 107 Å². The zero-order valence-corrected chi connectivity index (χ0v) is 112. The molecule has 45 heteroatoms. The number of hydrogen-bond acceptors (Lipinski definition) is 32. The Kier molecular flexibility index (Phi) is 297. The molecule has 0 amide bonds. The molecular formula is C87H121O32W13-7. The van der Waals surface area contributed by atoms with E-state index in [2.05, 4.69) is 251 Å². The molecule has 0 N–H and O–H groups in total. The fourth-order valence-electron chi connectivity index (χ4n) is 7.33. The molecule has 0 spiro atoms. The van der Waals surface area contributed by atoms with Gasteiger partial charge in [-0.3, -0.25) is 120 Å². The van der Waals surface area contributed by atoms with Crippen LogP contribution in [0.15, 0.2) is 136 Å².